The first-order chi connectivity index (χ1) is 14.1. The van der Waals surface area contributed by atoms with Gasteiger partial charge in [-0.1, -0.05) is 48.0 Å². The maximum atomic E-state index is 13.0. The number of benzene rings is 1. The van der Waals surface area contributed by atoms with Gasteiger partial charge in [0.2, 0.25) is 0 Å². The van der Waals surface area contributed by atoms with E-state index in [9.17, 15) is 13.6 Å². The van der Waals surface area contributed by atoms with Crippen LogP contribution in [0.1, 0.15) is 12.0 Å². The second-order valence-electron chi connectivity index (χ2n) is 5.94. The number of aromatic nitrogens is 5. The zero-order chi connectivity index (χ0) is 20.4. The predicted octanol–water partition coefficient (Wildman–Crippen LogP) is 3.81. The summed E-state index contributed by atoms with van der Waals surface area (Å²) >= 11 is 1.21. The van der Waals surface area contributed by atoms with Gasteiger partial charge in [-0.05, 0) is 17.7 Å². The number of aromatic amines is 1. The fourth-order valence-corrected chi connectivity index (χ4v) is 3.37. The summed E-state index contributed by atoms with van der Waals surface area (Å²) in [4.78, 5) is 24.0. The molecule has 0 aliphatic carbocycles. The van der Waals surface area contributed by atoms with Gasteiger partial charge in [-0.3, -0.25) is 9.97 Å². The van der Waals surface area contributed by atoms with Crippen LogP contribution in [0.3, 0.4) is 0 Å². The number of rotatable bonds is 5. The minimum atomic E-state index is -2.57. The molecule has 1 N–H and O–H groups in total. The van der Waals surface area contributed by atoms with Gasteiger partial charge in [-0.25, -0.2) is 18.6 Å². The lowest BCUT2D eigenvalue weighted by Crippen LogP contribution is -2.19. The molecule has 0 saturated carbocycles. The molecule has 0 atom stereocenters. The fourth-order valence-electron chi connectivity index (χ4n) is 2.84. The molecular formula is C20H13F2N5OS. The van der Waals surface area contributed by atoms with Crippen LogP contribution in [0.15, 0.2) is 58.6 Å². The average molecular weight is 409 g/mol. The number of H-pyrrole nitrogens is 1. The van der Waals surface area contributed by atoms with Crippen LogP contribution in [0, 0.1) is 12.3 Å². The molecule has 6 nitrogen and oxygen atoms in total. The lowest BCUT2D eigenvalue weighted by Gasteiger charge is -2.05. The van der Waals surface area contributed by atoms with Crippen LogP contribution in [0.2, 0.25) is 0 Å². The van der Waals surface area contributed by atoms with Crippen LogP contribution in [-0.2, 0) is 0 Å². The molecule has 0 unspecified atom stereocenters. The summed E-state index contributed by atoms with van der Waals surface area (Å²) in [5, 5.41) is 4.73. The maximum Gasteiger partial charge on any atom is 0.350 e. The molecule has 9 heteroatoms. The number of pyridine rings is 1. The lowest BCUT2D eigenvalue weighted by atomic mass is 10.0. The number of hydrogen-bond acceptors (Lipinski definition) is 5. The third-order valence-corrected chi connectivity index (χ3v) is 4.90. The first-order valence-electron chi connectivity index (χ1n) is 8.47. The molecule has 0 saturated heterocycles. The van der Waals surface area contributed by atoms with E-state index in [2.05, 4.69) is 26.0 Å². The van der Waals surface area contributed by atoms with Crippen molar-refractivity contribution in [3.63, 3.8) is 0 Å². The van der Waals surface area contributed by atoms with E-state index < -0.39 is 12.1 Å². The Kier molecular flexibility index (Phi) is 5.10. The highest BCUT2D eigenvalue weighted by Gasteiger charge is 2.21. The van der Waals surface area contributed by atoms with E-state index in [4.69, 9.17) is 6.42 Å². The standard InChI is InChI=1S/C20H13F2N5OS/c1-2-11-29-19-24-18-15(12-6-8-13(9-7-12)17(21)22)16(14-5-3-4-10-23-14)26-27(18)20(28)25-19/h1,3-10,17H,11H2,(H,24,25,28). The topological polar surface area (TPSA) is 75.9 Å². The van der Waals surface area contributed by atoms with Gasteiger partial charge in [0.1, 0.15) is 5.69 Å². The van der Waals surface area contributed by atoms with E-state index >= 15 is 0 Å². The van der Waals surface area contributed by atoms with E-state index in [1.807, 2.05) is 0 Å². The zero-order valence-corrected chi connectivity index (χ0v) is 15.7. The summed E-state index contributed by atoms with van der Waals surface area (Å²) in [6.07, 6.45) is 4.32. The largest absolute Gasteiger partial charge is 0.350 e. The van der Waals surface area contributed by atoms with Gasteiger partial charge in [0.05, 0.1) is 17.0 Å². The van der Waals surface area contributed by atoms with E-state index in [1.54, 1.807) is 36.5 Å². The lowest BCUT2D eigenvalue weighted by molar-refractivity contribution is 0.151. The Bertz CT molecular complexity index is 1260. The van der Waals surface area contributed by atoms with Crippen LogP contribution < -0.4 is 5.69 Å². The summed E-state index contributed by atoms with van der Waals surface area (Å²) in [6, 6.07) is 11.1. The average Bonchev–Trinajstić information content (AvgIpc) is 3.13. The number of halogens is 2. The smallest absolute Gasteiger partial charge is 0.285 e. The van der Waals surface area contributed by atoms with Gasteiger partial charge in [0.15, 0.2) is 10.8 Å². The molecule has 0 aliphatic heterocycles. The summed E-state index contributed by atoms with van der Waals surface area (Å²) in [6.45, 7) is 0. The van der Waals surface area contributed by atoms with Crippen molar-refractivity contribution in [2.45, 2.75) is 11.6 Å². The summed E-state index contributed by atoms with van der Waals surface area (Å²) in [5.74, 6) is 2.81. The molecule has 0 spiro atoms. The van der Waals surface area contributed by atoms with Gasteiger partial charge >= 0.3 is 5.69 Å². The highest BCUT2D eigenvalue weighted by atomic mass is 32.2. The van der Waals surface area contributed by atoms with Crippen molar-refractivity contribution in [1.29, 1.82) is 0 Å². The van der Waals surface area contributed by atoms with Crippen molar-refractivity contribution in [2.24, 2.45) is 0 Å². The van der Waals surface area contributed by atoms with E-state index in [-0.39, 0.29) is 5.56 Å². The molecule has 0 amide bonds. The first-order valence-corrected chi connectivity index (χ1v) is 9.46. The van der Waals surface area contributed by atoms with E-state index in [0.717, 1.165) is 4.52 Å². The second-order valence-corrected chi connectivity index (χ2v) is 6.90. The third-order valence-electron chi connectivity index (χ3n) is 4.13. The van der Waals surface area contributed by atoms with Crippen molar-refractivity contribution < 1.29 is 8.78 Å². The number of terminal acetylenes is 1. The third kappa shape index (κ3) is 3.62. The minimum Gasteiger partial charge on any atom is -0.285 e. The van der Waals surface area contributed by atoms with Crippen molar-refractivity contribution in [3.05, 3.63) is 64.7 Å². The normalized spacial score (nSPS) is 11.1. The molecule has 4 aromatic rings. The summed E-state index contributed by atoms with van der Waals surface area (Å²) < 4.78 is 27.1. The van der Waals surface area contributed by atoms with Gasteiger partial charge in [0.25, 0.3) is 6.43 Å². The van der Waals surface area contributed by atoms with Crippen molar-refractivity contribution in [2.75, 3.05) is 5.75 Å². The van der Waals surface area contributed by atoms with Crippen molar-refractivity contribution in [3.8, 4) is 34.9 Å². The monoisotopic (exact) mass is 409 g/mol. The molecule has 0 radical (unpaired) electrons. The molecule has 29 heavy (non-hydrogen) atoms. The minimum absolute atomic E-state index is 0.0966. The highest BCUT2D eigenvalue weighted by Crippen LogP contribution is 2.34. The van der Waals surface area contributed by atoms with E-state index in [0.29, 0.717) is 39.1 Å². The Morgan fingerprint density at radius 1 is 1.21 bits per heavy atom. The van der Waals surface area contributed by atoms with Gasteiger partial charge in [-0.2, -0.15) is 9.61 Å². The maximum absolute atomic E-state index is 13.0. The van der Waals surface area contributed by atoms with Crippen LogP contribution >= 0.6 is 11.8 Å². The number of fused-ring (bicyclic) bond motifs is 1. The van der Waals surface area contributed by atoms with Crippen molar-refractivity contribution >= 4 is 17.4 Å². The fraction of sp³-hybridized carbons (Fsp3) is 0.100. The molecule has 0 bridgehead atoms. The van der Waals surface area contributed by atoms with Crippen LogP contribution in [0.4, 0.5) is 8.78 Å². The van der Waals surface area contributed by atoms with Crippen LogP contribution in [0.25, 0.3) is 28.2 Å². The number of thioether (sulfide) groups is 1. The number of hydrogen-bond donors (Lipinski definition) is 1. The van der Waals surface area contributed by atoms with E-state index in [1.165, 1.54) is 23.9 Å². The molecule has 0 aliphatic rings. The highest BCUT2D eigenvalue weighted by molar-refractivity contribution is 7.99. The Balaban J connectivity index is 1.99. The molecule has 1 aromatic carbocycles. The van der Waals surface area contributed by atoms with Gasteiger partial charge < -0.3 is 0 Å². The first kappa shape index (κ1) is 18.8. The number of nitrogens with one attached hydrogen (secondary N) is 1. The molecule has 0 fully saturated rings. The number of alkyl halides is 2. The molecule has 144 valence electrons. The van der Waals surface area contributed by atoms with Gasteiger partial charge in [-0.15, -0.1) is 6.42 Å². The van der Waals surface area contributed by atoms with Crippen molar-refractivity contribution in [1.82, 2.24) is 24.6 Å². The molecule has 4 rings (SSSR count). The molecular weight excluding hydrogens is 396 g/mol. The van der Waals surface area contributed by atoms with Crippen LogP contribution in [-0.4, -0.2) is 30.3 Å². The number of nitrogens with zero attached hydrogens (tertiary/aromatic N) is 4. The quantitative estimate of drug-likeness (QED) is 0.401. The SMILES string of the molecule is C#CCSc1nc2c(-c3ccc(C(F)F)cc3)c(-c3ccccn3)nn2c(=O)[nH]1. The Hall–Kier alpha value is -3.51. The zero-order valence-electron chi connectivity index (χ0n) is 14.8. The summed E-state index contributed by atoms with van der Waals surface area (Å²) in [7, 11) is 0. The predicted molar refractivity (Wildman–Crippen MR) is 107 cm³/mol. The molecule has 3 heterocycles. The second kappa shape index (κ2) is 7.85. The van der Waals surface area contributed by atoms with Gasteiger partial charge in [0, 0.05) is 11.8 Å². The Morgan fingerprint density at radius 3 is 2.66 bits per heavy atom. The molecule has 3 aromatic heterocycles. The van der Waals surface area contributed by atoms with Crippen LogP contribution in [0.5, 0.6) is 0 Å². The Morgan fingerprint density at radius 2 is 2.00 bits per heavy atom. The Labute approximate surface area is 168 Å². The summed E-state index contributed by atoms with van der Waals surface area (Å²) in [5.41, 5.74) is 1.78.